The van der Waals surface area contributed by atoms with Gasteiger partial charge in [-0.2, -0.15) is 0 Å². The highest BCUT2D eigenvalue weighted by Gasteiger charge is 2.45. The monoisotopic (exact) mass is 171 g/mol. The van der Waals surface area contributed by atoms with Crippen LogP contribution >= 0.6 is 0 Å². The maximum absolute atomic E-state index is 10.5. The number of rotatable bonds is 5. The molecule has 0 saturated heterocycles. The van der Waals surface area contributed by atoms with Gasteiger partial charge in [-0.3, -0.25) is 4.79 Å². The molecule has 2 unspecified atom stereocenters. The van der Waals surface area contributed by atoms with Gasteiger partial charge in [-0.15, -0.1) is 0 Å². The molecule has 0 bridgehead atoms. The quantitative estimate of drug-likeness (QED) is 0.675. The first-order chi connectivity index (χ1) is 5.66. The zero-order valence-corrected chi connectivity index (χ0v) is 7.79. The number of hydrogen-bond acceptors (Lipinski definition) is 2. The molecule has 1 saturated carbocycles. The van der Waals surface area contributed by atoms with E-state index < -0.39 is 5.97 Å². The van der Waals surface area contributed by atoms with E-state index >= 15 is 0 Å². The Bertz CT molecular complexity index is 170. The smallest absolute Gasteiger partial charge is 0.308 e. The zero-order valence-electron chi connectivity index (χ0n) is 7.79. The third-order valence-corrected chi connectivity index (χ3v) is 2.50. The summed E-state index contributed by atoms with van der Waals surface area (Å²) in [5, 5.41) is 8.67. The average Bonchev–Trinajstić information content (AvgIpc) is 2.78. The lowest BCUT2D eigenvalue weighted by Crippen LogP contribution is -2.25. The van der Waals surface area contributed by atoms with Crippen LogP contribution in [0, 0.1) is 5.92 Å². The SMILES string of the molecule is CCCCN(C)C1CC1C(=O)O. The average molecular weight is 171 g/mol. The van der Waals surface area contributed by atoms with E-state index in [0.29, 0.717) is 6.04 Å². The molecule has 12 heavy (non-hydrogen) atoms. The lowest BCUT2D eigenvalue weighted by Gasteiger charge is -2.14. The van der Waals surface area contributed by atoms with Crippen molar-refractivity contribution in [3.05, 3.63) is 0 Å². The molecule has 0 heterocycles. The van der Waals surface area contributed by atoms with E-state index in [0.717, 1.165) is 13.0 Å². The van der Waals surface area contributed by atoms with Gasteiger partial charge in [0.1, 0.15) is 0 Å². The molecule has 1 N–H and O–H groups in total. The van der Waals surface area contributed by atoms with Crippen LogP contribution in [0.2, 0.25) is 0 Å². The normalized spacial score (nSPS) is 27.6. The van der Waals surface area contributed by atoms with Crippen molar-refractivity contribution in [2.24, 2.45) is 5.92 Å². The number of aliphatic carboxylic acids is 1. The second kappa shape index (κ2) is 3.90. The van der Waals surface area contributed by atoms with Crippen molar-refractivity contribution in [1.29, 1.82) is 0 Å². The zero-order chi connectivity index (χ0) is 9.14. The van der Waals surface area contributed by atoms with Gasteiger partial charge >= 0.3 is 5.97 Å². The maximum Gasteiger partial charge on any atom is 0.308 e. The van der Waals surface area contributed by atoms with E-state index in [4.69, 9.17) is 5.11 Å². The van der Waals surface area contributed by atoms with Gasteiger partial charge in [0.05, 0.1) is 5.92 Å². The first kappa shape index (κ1) is 9.52. The second-order valence-corrected chi connectivity index (χ2v) is 3.58. The molecule has 3 heteroatoms. The number of hydrogen-bond donors (Lipinski definition) is 1. The van der Waals surface area contributed by atoms with Crippen LogP contribution in [0.15, 0.2) is 0 Å². The van der Waals surface area contributed by atoms with E-state index in [1.807, 2.05) is 7.05 Å². The summed E-state index contributed by atoms with van der Waals surface area (Å²) in [6.45, 7) is 3.18. The summed E-state index contributed by atoms with van der Waals surface area (Å²) in [5.41, 5.74) is 0. The molecule has 1 aliphatic carbocycles. The second-order valence-electron chi connectivity index (χ2n) is 3.58. The Morgan fingerprint density at radius 2 is 2.33 bits per heavy atom. The Balaban J connectivity index is 2.19. The van der Waals surface area contributed by atoms with Crippen molar-refractivity contribution >= 4 is 5.97 Å². The molecule has 0 radical (unpaired) electrons. The van der Waals surface area contributed by atoms with Gasteiger partial charge < -0.3 is 10.0 Å². The molecular formula is C9H17NO2. The van der Waals surface area contributed by atoms with Crippen molar-refractivity contribution in [3.63, 3.8) is 0 Å². The number of carbonyl (C=O) groups is 1. The van der Waals surface area contributed by atoms with Crippen molar-refractivity contribution in [1.82, 2.24) is 4.90 Å². The topological polar surface area (TPSA) is 40.5 Å². The van der Waals surface area contributed by atoms with Gasteiger partial charge in [0.25, 0.3) is 0 Å². The minimum atomic E-state index is -0.636. The van der Waals surface area contributed by atoms with Crippen LogP contribution in [-0.4, -0.2) is 35.6 Å². The van der Waals surface area contributed by atoms with Crippen molar-refractivity contribution in [3.8, 4) is 0 Å². The first-order valence-electron chi connectivity index (χ1n) is 4.59. The third-order valence-electron chi connectivity index (χ3n) is 2.50. The minimum Gasteiger partial charge on any atom is -0.481 e. The van der Waals surface area contributed by atoms with E-state index in [9.17, 15) is 4.79 Å². The van der Waals surface area contributed by atoms with Crippen LogP contribution in [-0.2, 0) is 4.79 Å². The standard InChI is InChI=1S/C9H17NO2/c1-3-4-5-10(2)8-6-7(8)9(11)12/h7-8H,3-6H2,1-2H3,(H,11,12). The van der Waals surface area contributed by atoms with Crippen LogP contribution in [0.5, 0.6) is 0 Å². The van der Waals surface area contributed by atoms with E-state index in [2.05, 4.69) is 11.8 Å². The van der Waals surface area contributed by atoms with Crippen LogP contribution < -0.4 is 0 Å². The summed E-state index contributed by atoms with van der Waals surface area (Å²) >= 11 is 0. The fourth-order valence-electron chi connectivity index (χ4n) is 1.51. The minimum absolute atomic E-state index is 0.0909. The Labute approximate surface area is 73.4 Å². The Kier molecular flexibility index (Phi) is 3.09. The molecule has 0 aromatic carbocycles. The van der Waals surface area contributed by atoms with Gasteiger partial charge in [0, 0.05) is 6.04 Å². The van der Waals surface area contributed by atoms with E-state index in [1.165, 1.54) is 12.8 Å². The predicted molar refractivity (Wildman–Crippen MR) is 47.1 cm³/mol. The lowest BCUT2D eigenvalue weighted by atomic mass is 10.3. The summed E-state index contributed by atoms with van der Waals surface area (Å²) in [7, 11) is 2.02. The van der Waals surface area contributed by atoms with Crippen molar-refractivity contribution in [2.75, 3.05) is 13.6 Å². The summed E-state index contributed by atoms with van der Waals surface area (Å²) in [4.78, 5) is 12.7. The third kappa shape index (κ3) is 2.21. The molecule has 1 rings (SSSR count). The molecule has 1 fully saturated rings. The van der Waals surface area contributed by atoms with Gasteiger partial charge in [0.15, 0.2) is 0 Å². The van der Waals surface area contributed by atoms with Gasteiger partial charge in [-0.25, -0.2) is 0 Å². The predicted octanol–water partition coefficient (Wildman–Crippen LogP) is 1.19. The molecule has 3 nitrogen and oxygen atoms in total. The maximum atomic E-state index is 10.5. The van der Waals surface area contributed by atoms with Crippen LogP contribution in [0.25, 0.3) is 0 Å². The largest absolute Gasteiger partial charge is 0.481 e. The summed E-state index contributed by atoms with van der Waals surface area (Å²) < 4.78 is 0. The number of carboxylic acid groups (broad SMARTS) is 1. The molecular weight excluding hydrogens is 154 g/mol. The molecule has 70 valence electrons. The molecule has 1 aliphatic rings. The highest BCUT2D eigenvalue weighted by Crippen LogP contribution is 2.34. The fourth-order valence-corrected chi connectivity index (χ4v) is 1.51. The Morgan fingerprint density at radius 1 is 1.67 bits per heavy atom. The summed E-state index contributed by atoms with van der Waals surface area (Å²) in [6.07, 6.45) is 3.18. The van der Waals surface area contributed by atoms with Crippen molar-refractivity contribution in [2.45, 2.75) is 32.2 Å². The number of nitrogens with zero attached hydrogens (tertiary/aromatic N) is 1. The van der Waals surface area contributed by atoms with Crippen LogP contribution in [0.3, 0.4) is 0 Å². The van der Waals surface area contributed by atoms with E-state index in [1.54, 1.807) is 0 Å². The molecule has 2 atom stereocenters. The van der Waals surface area contributed by atoms with Gasteiger partial charge in [-0.1, -0.05) is 13.3 Å². The van der Waals surface area contributed by atoms with E-state index in [-0.39, 0.29) is 5.92 Å². The Hall–Kier alpha value is -0.570. The highest BCUT2D eigenvalue weighted by molar-refractivity contribution is 5.74. The molecule has 0 aliphatic heterocycles. The Morgan fingerprint density at radius 3 is 2.75 bits per heavy atom. The highest BCUT2D eigenvalue weighted by atomic mass is 16.4. The molecule has 0 aromatic heterocycles. The van der Waals surface area contributed by atoms with Crippen molar-refractivity contribution < 1.29 is 9.90 Å². The lowest BCUT2D eigenvalue weighted by molar-refractivity contribution is -0.138. The molecule has 0 amide bonds. The fraction of sp³-hybridized carbons (Fsp3) is 0.889. The first-order valence-corrected chi connectivity index (χ1v) is 4.59. The number of unbranched alkanes of at least 4 members (excludes halogenated alkanes) is 1. The summed E-state index contributed by atoms with van der Waals surface area (Å²) in [6, 6.07) is 0.314. The molecule has 0 spiro atoms. The number of carboxylic acids is 1. The molecule has 0 aromatic rings. The van der Waals surface area contributed by atoms with Crippen LogP contribution in [0.1, 0.15) is 26.2 Å². The van der Waals surface area contributed by atoms with Gasteiger partial charge in [0.2, 0.25) is 0 Å². The van der Waals surface area contributed by atoms with Crippen LogP contribution in [0.4, 0.5) is 0 Å². The summed E-state index contributed by atoms with van der Waals surface area (Å²) in [5.74, 6) is -0.727. The van der Waals surface area contributed by atoms with Gasteiger partial charge in [-0.05, 0) is 26.4 Å².